The van der Waals surface area contributed by atoms with Gasteiger partial charge < -0.3 is 14.2 Å². The van der Waals surface area contributed by atoms with Crippen LogP contribution in [0, 0.1) is 12.7 Å². The topological polar surface area (TPSA) is 44.8 Å². The molecule has 1 saturated carbocycles. The fraction of sp³-hybridized carbons (Fsp3) is 0.381. The number of methoxy groups -OCH3 is 1. The minimum Gasteiger partial charge on any atom is -0.488 e. The molecule has 0 radical (unpaired) electrons. The first kappa shape index (κ1) is 18.2. The number of halogens is 1. The van der Waals surface area contributed by atoms with E-state index in [4.69, 9.17) is 9.47 Å². The van der Waals surface area contributed by atoms with Crippen molar-refractivity contribution in [3.63, 3.8) is 0 Å². The number of carbonyl (C=O) groups excluding carboxylic acids is 1. The van der Waals surface area contributed by atoms with E-state index in [1.807, 2.05) is 6.07 Å². The van der Waals surface area contributed by atoms with Crippen molar-refractivity contribution in [1.29, 1.82) is 0 Å². The zero-order valence-electron chi connectivity index (χ0n) is 15.3. The number of carbonyl (C=O) groups is 1. The van der Waals surface area contributed by atoms with E-state index < -0.39 is 12.0 Å². The van der Waals surface area contributed by atoms with Crippen molar-refractivity contribution in [2.75, 3.05) is 7.11 Å². The van der Waals surface area contributed by atoms with Gasteiger partial charge in [-0.05, 0) is 67.0 Å². The lowest BCUT2D eigenvalue weighted by Crippen LogP contribution is -2.11. The van der Waals surface area contributed by atoms with E-state index in [9.17, 15) is 9.18 Å². The van der Waals surface area contributed by atoms with E-state index in [0.29, 0.717) is 5.92 Å². The van der Waals surface area contributed by atoms with E-state index in [-0.39, 0.29) is 17.9 Å². The molecule has 1 aliphatic carbocycles. The summed E-state index contributed by atoms with van der Waals surface area (Å²) in [6.07, 6.45) is 2.38. The van der Waals surface area contributed by atoms with Gasteiger partial charge in [0.15, 0.2) is 0 Å². The van der Waals surface area contributed by atoms with Crippen molar-refractivity contribution in [3.8, 4) is 11.5 Å². The van der Waals surface area contributed by atoms with Crippen LogP contribution in [0.25, 0.3) is 0 Å². The highest BCUT2D eigenvalue weighted by atomic mass is 19.1. The van der Waals surface area contributed by atoms with Crippen LogP contribution in [-0.2, 0) is 17.8 Å². The molecule has 4 nitrogen and oxygen atoms in total. The number of hydrogen-bond acceptors (Lipinski definition) is 4. The van der Waals surface area contributed by atoms with Gasteiger partial charge in [0.2, 0.25) is 0 Å². The van der Waals surface area contributed by atoms with Crippen LogP contribution in [0.15, 0.2) is 30.3 Å². The third-order valence-corrected chi connectivity index (χ3v) is 4.67. The SMILES string of the molecule is CCc1cc(C2CC2)c(OCc2c(F)cccc2OC(=O)OC)cc1C. The number of rotatable bonds is 6. The third kappa shape index (κ3) is 3.98. The van der Waals surface area contributed by atoms with Crippen molar-refractivity contribution in [1.82, 2.24) is 0 Å². The lowest BCUT2D eigenvalue weighted by molar-refractivity contribution is 0.120. The Morgan fingerprint density at radius 3 is 2.65 bits per heavy atom. The van der Waals surface area contributed by atoms with Crippen LogP contribution in [0.3, 0.4) is 0 Å². The molecule has 0 N–H and O–H groups in total. The average Bonchev–Trinajstić information content (AvgIpc) is 3.46. The summed E-state index contributed by atoms with van der Waals surface area (Å²) in [5.41, 5.74) is 3.84. The van der Waals surface area contributed by atoms with Crippen molar-refractivity contribution in [2.45, 2.75) is 45.6 Å². The third-order valence-electron chi connectivity index (χ3n) is 4.67. The predicted molar refractivity (Wildman–Crippen MR) is 96.3 cm³/mol. The van der Waals surface area contributed by atoms with Gasteiger partial charge in [-0.25, -0.2) is 9.18 Å². The highest BCUT2D eigenvalue weighted by Crippen LogP contribution is 2.45. The van der Waals surface area contributed by atoms with Crippen LogP contribution in [0.5, 0.6) is 11.5 Å². The molecule has 138 valence electrons. The predicted octanol–water partition coefficient (Wildman–Crippen LogP) is 5.30. The molecule has 0 bridgehead atoms. The molecular formula is C21H23FO4. The Kier molecular flexibility index (Phi) is 5.45. The summed E-state index contributed by atoms with van der Waals surface area (Å²) >= 11 is 0. The summed E-state index contributed by atoms with van der Waals surface area (Å²) in [6, 6.07) is 8.54. The first-order chi connectivity index (χ1) is 12.5. The number of benzene rings is 2. The fourth-order valence-corrected chi connectivity index (χ4v) is 3.02. The van der Waals surface area contributed by atoms with Crippen LogP contribution in [-0.4, -0.2) is 13.3 Å². The van der Waals surface area contributed by atoms with E-state index in [1.54, 1.807) is 0 Å². The Bertz CT molecular complexity index is 812. The van der Waals surface area contributed by atoms with Crippen LogP contribution in [0.2, 0.25) is 0 Å². The molecule has 0 saturated heterocycles. The van der Waals surface area contributed by atoms with Gasteiger partial charge in [0.25, 0.3) is 0 Å². The zero-order chi connectivity index (χ0) is 18.7. The van der Waals surface area contributed by atoms with Crippen molar-refractivity contribution >= 4 is 6.16 Å². The summed E-state index contributed by atoms with van der Waals surface area (Å²) in [6.45, 7) is 4.16. The van der Waals surface area contributed by atoms with E-state index in [2.05, 4.69) is 24.7 Å². The summed E-state index contributed by atoms with van der Waals surface area (Å²) in [5.74, 6) is 0.907. The normalized spacial score (nSPS) is 13.4. The second-order valence-electron chi connectivity index (χ2n) is 6.51. The van der Waals surface area contributed by atoms with Gasteiger partial charge in [-0.15, -0.1) is 0 Å². The molecule has 1 aliphatic rings. The minimum atomic E-state index is -0.890. The highest BCUT2D eigenvalue weighted by molar-refractivity contribution is 5.64. The van der Waals surface area contributed by atoms with Crippen LogP contribution in [0.4, 0.5) is 9.18 Å². The molecule has 2 aromatic rings. The lowest BCUT2D eigenvalue weighted by atomic mass is 9.99. The Hall–Kier alpha value is -2.56. The highest BCUT2D eigenvalue weighted by Gasteiger charge is 2.28. The van der Waals surface area contributed by atoms with Gasteiger partial charge in [0, 0.05) is 0 Å². The second kappa shape index (κ2) is 7.77. The Morgan fingerprint density at radius 2 is 2.00 bits per heavy atom. The van der Waals surface area contributed by atoms with Gasteiger partial charge >= 0.3 is 6.16 Å². The minimum absolute atomic E-state index is 0.0242. The maximum absolute atomic E-state index is 14.3. The van der Waals surface area contributed by atoms with Gasteiger partial charge in [-0.3, -0.25) is 0 Å². The molecule has 26 heavy (non-hydrogen) atoms. The largest absolute Gasteiger partial charge is 0.513 e. The molecule has 1 fully saturated rings. The monoisotopic (exact) mass is 358 g/mol. The summed E-state index contributed by atoms with van der Waals surface area (Å²) in [7, 11) is 1.21. The smallest absolute Gasteiger partial charge is 0.488 e. The zero-order valence-corrected chi connectivity index (χ0v) is 15.3. The Balaban J connectivity index is 1.85. The molecule has 0 atom stereocenters. The first-order valence-corrected chi connectivity index (χ1v) is 8.82. The molecule has 0 unspecified atom stereocenters. The molecule has 2 aromatic carbocycles. The summed E-state index contributed by atoms with van der Waals surface area (Å²) < 4.78 is 29.8. The first-order valence-electron chi connectivity index (χ1n) is 8.82. The van der Waals surface area contributed by atoms with Crippen molar-refractivity contribution in [3.05, 3.63) is 58.4 Å². The quantitative estimate of drug-likeness (QED) is 0.519. The van der Waals surface area contributed by atoms with Gasteiger partial charge in [-0.1, -0.05) is 19.1 Å². The summed E-state index contributed by atoms with van der Waals surface area (Å²) in [5, 5.41) is 0. The van der Waals surface area contributed by atoms with Gasteiger partial charge in [-0.2, -0.15) is 0 Å². The van der Waals surface area contributed by atoms with E-state index >= 15 is 0 Å². The number of hydrogen-bond donors (Lipinski definition) is 0. The molecule has 5 heteroatoms. The molecular weight excluding hydrogens is 335 g/mol. The fourth-order valence-electron chi connectivity index (χ4n) is 3.02. The molecule has 0 heterocycles. The molecule has 0 aromatic heterocycles. The number of ether oxygens (including phenoxy) is 3. The van der Waals surface area contributed by atoms with Gasteiger partial charge in [0.1, 0.15) is 23.9 Å². The Morgan fingerprint density at radius 1 is 1.23 bits per heavy atom. The Labute approximate surface area is 152 Å². The number of aryl methyl sites for hydroxylation is 2. The maximum atomic E-state index is 14.3. The second-order valence-corrected chi connectivity index (χ2v) is 6.51. The molecule has 3 rings (SSSR count). The molecule has 0 spiro atoms. The lowest BCUT2D eigenvalue weighted by Gasteiger charge is -2.16. The van der Waals surface area contributed by atoms with Gasteiger partial charge in [0.05, 0.1) is 12.7 Å². The standard InChI is InChI=1S/C21H23FO4/c1-4-14-11-16(15-8-9-15)20(10-13(14)2)25-12-17-18(22)6-5-7-19(17)26-21(23)24-3/h5-7,10-11,15H,4,8-9,12H2,1-3H3. The van der Waals surface area contributed by atoms with Crippen LogP contribution >= 0.6 is 0 Å². The molecule has 0 aliphatic heterocycles. The molecule has 0 amide bonds. The van der Waals surface area contributed by atoms with E-state index in [1.165, 1.54) is 36.4 Å². The van der Waals surface area contributed by atoms with Crippen LogP contribution < -0.4 is 9.47 Å². The average molecular weight is 358 g/mol. The maximum Gasteiger partial charge on any atom is 0.513 e. The van der Waals surface area contributed by atoms with Crippen molar-refractivity contribution < 1.29 is 23.4 Å². The summed E-state index contributed by atoms with van der Waals surface area (Å²) in [4.78, 5) is 11.4. The van der Waals surface area contributed by atoms with E-state index in [0.717, 1.165) is 30.6 Å². The van der Waals surface area contributed by atoms with Crippen molar-refractivity contribution in [2.24, 2.45) is 0 Å². The van der Waals surface area contributed by atoms with Crippen LogP contribution in [0.1, 0.15) is 47.9 Å².